The summed E-state index contributed by atoms with van der Waals surface area (Å²) in [5, 5.41) is 3.12. The minimum atomic E-state index is -0.260. The number of nitrogens with zero attached hydrogens (tertiary/aromatic N) is 2. The highest BCUT2D eigenvalue weighted by molar-refractivity contribution is 5.79. The average molecular weight is 282 g/mol. The number of hydrogen-bond acceptors (Lipinski definition) is 4. The van der Waals surface area contributed by atoms with E-state index in [0.29, 0.717) is 17.2 Å². The second-order valence-corrected chi connectivity index (χ2v) is 4.83. The molecule has 5 heteroatoms. The molecule has 4 nitrogen and oxygen atoms in total. The SMILES string of the molecule is CC(Nc1nc2ccccc2nc1N)c1ccccc1F. The number of rotatable bonds is 3. The van der Waals surface area contributed by atoms with Crippen LogP contribution in [0.5, 0.6) is 0 Å². The Hall–Kier alpha value is -2.69. The van der Waals surface area contributed by atoms with Gasteiger partial charge in [0.15, 0.2) is 11.6 Å². The van der Waals surface area contributed by atoms with Crippen LogP contribution in [-0.4, -0.2) is 9.97 Å². The van der Waals surface area contributed by atoms with Gasteiger partial charge in [-0.1, -0.05) is 30.3 Å². The summed E-state index contributed by atoms with van der Waals surface area (Å²) in [4.78, 5) is 8.75. The second kappa shape index (κ2) is 5.36. The largest absolute Gasteiger partial charge is 0.381 e. The summed E-state index contributed by atoms with van der Waals surface area (Å²) in [6, 6.07) is 13.8. The highest BCUT2D eigenvalue weighted by Gasteiger charge is 2.13. The minimum Gasteiger partial charge on any atom is -0.381 e. The standard InChI is InChI=1S/C16H15FN4/c1-10(11-6-2-3-7-12(11)17)19-16-15(18)20-13-8-4-5-9-14(13)21-16/h2-10H,1H3,(H2,18,20)(H,19,21). The van der Waals surface area contributed by atoms with Crippen molar-refractivity contribution in [2.45, 2.75) is 13.0 Å². The van der Waals surface area contributed by atoms with Crippen LogP contribution in [0.1, 0.15) is 18.5 Å². The molecule has 3 aromatic rings. The van der Waals surface area contributed by atoms with Gasteiger partial charge in [0.2, 0.25) is 0 Å². The molecule has 0 saturated heterocycles. The zero-order valence-corrected chi connectivity index (χ0v) is 11.5. The number of aromatic nitrogens is 2. The molecule has 106 valence electrons. The van der Waals surface area contributed by atoms with E-state index in [1.165, 1.54) is 6.07 Å². The van der Waals surface area contributed by atoms with E-state index < -0.39 is 0 Å². The molecule has 0 fully saturated rings. The fourth-order valence-corrected chi connectivity index (χ4v) is 2.23. The molecule has 0 aliphatic heterocycles. The van der Waals surface area contributed by atoms with Gasteiger partial charge in [0, 0.05) is 5.56 Å². The molecular weight excluding hydrogens is 267 g/mol. The van der Waals surface area contributed by atoms with Crippen molar-refractivity contribution in [3.05, 3.63) is 59.9 Å². The normalized spacial score (nSPS) is 12.3. The molecule has 0 radical (unpaired) electrons. The van der Waals surface area contributed by atoms with Crippen molar-refractivity contribution in [2.24, 2.45) is 0 Å². The molecule has 0 bridgehead atoms. The third-order valence-corrected chi connectivity index (χ3v) is 3.32. The number of hydrogen-bond donors (Lipinski definition) is 2. The lowest BCUT2D eigenvalue weighted by Crippen LogP contribution is -2.12. The van der Waals surface area contributed by atoms with E-state index in [1.54, 1.807) is 18.2 Å². The molecule has 2 aromatic carbocycles. The van der Waals surface area contributed by atoms with Crippen molar-refractivity contribution < 1.29 is 4.39 Å². The number of benzene rings is 2. The second-order valence-electron chi connectivity index (χ2n) is 4.83. The highest BCUT2D eigenvalue weighted by Crippen LogP contribution is 2.24. The molecule has 1 heterocycles. The highest BCUT2D eigenvalue weighted by atomic mass is 19.1. The van der Waals surface area contributed by atoms with Gasteiger partial charge in [-0.25, -0.2) is 14.4 Å². The first kappa shape index (κ1) is 13.3. The molecule has 1 atom stereocenters. The molecule has 0 aliphatic rings. The molecule has 3 N–H and O–H groups in total. The zero-order chi connectivity index (χ0) is 14.8. The quantitative estimate of drug-likeness (QED) is 0.771. The molecule has 1 unspecified atom stereocenters. The predicted molar refractivity (Wildman–Crippen MR) is 82.4 cm³/mol. The summed E-state index contributed by atoms with van der Waals surface area (Å²) >= 11 is 0. The van der Waals surface area contributed by atoms with Gasteiger partial charge in [-0.2, -0.15) is 0 Å². The van der Waals surface area contributed by atoms with E-state index in [2.05, 4.69) is 15.3 Å². The van der Waals surface area contributed by atoms with E-state index in [9.17, 15) is 4.39 Å². The van der Waals surface area contributed by atoms with Crippen molar-refractivity contribution in [3.63, 3.8) is 0 Å². The van der Waals surface area contributed by atoms with Crippen LogP contribution in [0.2, 0.25) is 0 Å². The third-order valence-electron chi connectivity index (χ3n) is 3.32. The van der Waals surface area contributed by atoms with Crippen molar-refractivity contribution in [2.75, 3.05) is 11.1 Å². The fourth-order valence-electron chi connectivity index (χ4n) is 2.23. The van der Waals surface area contributed by atoms with Crippen LogP contribution >= 0.6 is 0 Å². The molecule has 0 spiro atoms. The molecule has 0 aliphatic carbocycles. The fraction of sp³-hybridized carbons (Fsp3) is 0.125. The minimum absolute atomic E-state index is 0.259. The average Bonchev–Trinajstić information content (AvgIpc) is 2.48. The van der Waals surface area contributed by atoms with Gasteiger partial charge in [0.05, 0.1) is 17.1 Å². The summed E-state index contributed by atoms with van der Waals surface area (Å²) in [7, 11) is 0. The Balaban J connectivity index is 1.94. The maximum atomic E-state index is 13.8. The molecule has 1 aromatic heterocycles. The van der Waals surface area contributed by atoms with Crippen molar-refractivity contribution >= 4 is 22.7 Å². The lowest BCUT2D eigenvalue weighted by atomic mass is 10.1. The summed E-state index contributed by atoms with van der Waals surface area (Å²) in [6.07, 6.45) is 0. The zero-order valence-electron chi connectivity index (χ0n) is 11.5. The van der Waals surface area contributed by atoms with Crippen molar-refractivity contribution in [1.82, 2.24) is 9.97 Å². The van der Waals surface area contributed by atoms with Crippen LogP contribution in [0.4, 0.5) is 16.0 Å². The smallest absolute Gasteiger partial charge is 0.170 e. The number of fused-ring (bicyclic) bond motifs is 1. The molecular formula is C16H15FN4. The molecule has 0 saturated carbocycles. The van der Waals surface area contributed by atoms with E-state index in [-0.39, 0.29) is 11.9 Å². The maximum Gasteiger partial charge on any atom is 0.170 e. The number of para-hydroxylation sites is 2. The van der Waals surface area contributed by atoms with Crippen molar-refractivity contribution in [3.8, 4) is 0 Å². The van der Waals surface area contributed by atoms with Gasteiger partial charge in [-0.05, 0) is 25.1 Å². The molecule has 3 rings (SSSR count). The number of nitrogens with two attached hydrogens (primary N) is 1. The van der Waals surface area contributed by atoms with Crippen LogP contribution in [0, 0.1) is 5.82 Å². The van der Waals surface area contributed by atoms with Crippen LogP contribution < -0.4 is 11.1 Å². The Labute approximate surface area is 121 Å². The Morgan fingerprint density at radius 3 is 2.33 bits per heavy atom. The van der Waals surface area contributed by atoms with E-state index in [1.807, 2.05) is 31.2 Å². The number of nitrogen functional groups attached to an aromatic ring is 1. The third kappa shape index (κ3) is 2.63. The Morgan fingerprint density at radius 2 is 1.62 bits per heavy atom. The Morgan fingerprint density at radius 1 is 1.00 bits per heavy atom. The lowest BCUT2D eigenvalue weighted by Gasteiger charge is -2.16. The van der Waals surface area contributed by atoms with E-state index >= 15 is 0 Å². The maximum absolute atomic E-state index is 13.8. The predicted octanol–water partition coefficient (Wildman–Crippen LogP) is 3.52. The number of nitrogens with one attached hydrogen (secondary N) is 1. The van der Waals surface area contributed by atoms with Gasteiger partial charge < -0.3 is 11.1 Å². The van der Waals surface area contributed by atoms with Gasteiger partial charge in [-0.15, -0.1) is 0 Å². The number of halogens is 1. The van der Waals surface area contributed by atoms with Gasteiger partial charge in [-0.3, -0.25) is 0 Å². The van der Waals surface area contributed by atoms with Crippen molar-refractivity contribution in [1.29, 1.82) is 0 Å². The van der Waals surface area contributed by atoms with Gasteiger partial charge in [0.25, 0.3) is 0 Å². The monoisotopic (exact) mass is 282 g/mol. The van der Waals surface area contributed by atoms with Gasteiger partial charge >= 0.3 is 0 Å². The summed E-state index contributed by atoms with van der Waals surface area (Å²) in [5.74, 6) is 0.506. The van der Waals surface area contributed by atoms with Crippen LogP contribution in [0.15, 0.2) is 48.5 Å². The van der Waals surface area contributed by atoms with E-state index in [4.69, 9.17) is 5.73 Å². The first-order valence-electron chi connectivity index (χ1n) is 6.68. The lowest BCUT2D eigenvalue weighted by molar-refractivity contribution is 0.600. The first-order chi connectivity index (χ1) is 10.1. The topological polar surface area (TPSA) is 63.8 Å². The van der Waals surface area contributed by atoms with Crippen LogP contribution in [0.25, 0.3) is 11.0 Å². The summed E-state index contributed by atoms with van der Waals surface area (Å²) < 4.78 is 13.8. The summed E-state index contributed by atoms with van der Waals surface area (Å²) in [6.45, 7) is 1.86. The molecule has 21 heavy (non-hydrogen) atoms. The summed E-state index contributed by atoms with van der Waals surface area (Å²) in [5.41, 5.74) is 7.96. The molecule has 0 amide bonds. The van der Waals surface area contributed by atoms with E-state index in [0.717, 1.165) is 11.0 Å². The van der Waals surface area contributed by atoms with Gasteiger partial charge in [0.1, 0.15) is 5.82 Å². The first-order valence-corrected chi connectivity index (χ1v) is 6.68. The number of anilines is 2. The Kier molecular flexibility index (Phi) is 3.39. The Bertz CT molecular complexity index is 788. The van der Waals surface area contributed by atoms with Crippen LogP contribution in [-0.2, 0) is 0 Å². The van der Waals surface area contributed by atoms with Crippen LogP contribution in [0.3, 0.4) is 0 Å².